The zero-order valence-corrected chi connectivity index (χ0v) is 15.7. The van der Waals surface area contributed by atoms with Gasteiger partial charge in [-0.3, -0.25) is 9.69 Å². The summed E-state index contributed by atoms with van der Waals surface area (Å²) < 4.78 is 1.59. The topological polar surface area (TPSA) is 54.3 Å². The number of anilines is 1. The van der Waals surface area contributed by atoms with E-state index in [4.69, 9.17) is 0 Å². The zero-order chi connectivity index (χ0) is 18.2. The molecule has 6 nitrogen and oxygen atoms in total. The molecule has 0 radical (unpaired) electrons. The lowest BCUT2D eigenvalue weighted by Gasteiger charge is -2.44. The molecule has 1 aliphatic heterocycles. The second kappa shape index (κ2) is 6.59. The van der Waals surface area contributed by atoms with E-state index in [1.165, 1.54) is 0 Å². The van der Waals surface area contributed by atoms with Crippen molar-refractivity contribution in [3.8, 4) is 0 Å². The van der Waals surface area contributed by atoms with E-state index in [0.717, 1.165) is 36.7 Å². The van der Waals surface area contributed by atoms with Crippen LogP contribution in [0, 0.1) is 0 Å². The minimum atomic E-state index is 0.0238. The number of hydrogen-bond acceptors (Lipinski definition) is 5. The van der Waals surface area contributed by atoms with Crippen LogP contribution in [0.4, 0.5) is 5.82 Å². The van der Waals surface area contributed by atoms with Gasteiger partial charge in [0.05, 0.1) is 5.69 Å². The molecule has 0 spiro atoms. The Kier molecular flexibility index (Phi) is 4.64. The van der Waals surface area contributed by atoms with Crippen molar-refractivity contribution in [2.75, 3.05) is 25.0 Å². The van der Waals surface area contributed by atoms with Crippen LogP contribution in [0.3, 0.4) is 0 Å². The van der Waals surface area contributed by atoms with Crippen molar-refractivity contribution in [2.24, 2.45) is 7.05 Å². The van der Waals surface area contributed by atoms with Gasteiger partial charge in [0.2, 0.25) is 0 Å². The highest BCUT2D eigenvalue weighted by Gasteiger charge is 2.31. The van der Waals surface area contributed by atoms with E-state index in [1.54, 1.807) is 17.7 Å². The Labute approximate surface area is 149 Å². The van der Waals surface area contributed by atoms with Gasteiger partial charge in [0, 0.05) is 50.4 Å². The first-order chi connectivity index (χ1) is 11.7. The maximum absolute atomic E-state index is 11.7. The maximum Gasteiger partial charge on any atom is 0.250 e. The van der Waals surface area contributed by atoms with Crippen molar-refractivity contribution in [3.05, 3.63) is 52.1 Å². The molecule has 2 aromatic rings. The van der Waals surface area contributed by atoms with Crippen LogP contribution >= 0.6 is 0 Å². The highest BCUT2D eigenvalue weighted by atomic mass is 16.1. The third-order valence-electron chi connectivity index (χ3n) is 4.83. The molecule has 3 heterocycles. The summed E-state index contributed by atoms with van der Waals surface area (Å²) in [5.41, 5.74) is 2.13. The van der Waals surface area contributed by atoms with Crippen LogP contribution in [0.2, 0.25) is 0 Å². The Hall–Kier alpha value is -2.21. The van der Waals surface area contributed by atoms with Gasteiger partial charge >= 0.3 is 0 Å². The van der Waals surface area contributed by atoms with Crippen LogP contribution in [0.15, 0.2) is 35.3 Å². The van der Waals surface area contributed by atoms with E-state index in [0.29, 0.717) is 6.04 Å². The predicted molar refractivity (Wildman–Crippen MR) is 99.9 cm³/mol. The van der Waals surface area contributed by atoms with Crippen LogP contribution in [-0.4, -0.2) is 45.8 Å². The number of rotatable bonds is 4. The summed E-state index contributed by atoms with van der Waals surface area (Å²) in [5, 5.41) is 8.75. The standard InChI is InChI=1S/C19H27N5O/c1-19(2,3)16-6-7-17(21-20-16)24-12-15(13-24)23(5)11-14-8-9-22(4)18(25)10-14/h6-10,15H,11-13H2,1-5H3. The summed E-state index contributed by atoms with van der Waals surface area (Å²) in [7, 11) is 3.87. The molecule has 6 heteroatoms. The van der Waals surface area contributed by atoms with E-state index < -0.39 is 0 Å². The molecule has 134 valence electrons. The van der Waals surface area contributed by atoms with Gasteiger partial charge in [0.25, 0.3) is 5.56 Å². The molecule has 0 saturated carbocycles. The molecule has 1 saturated heterocycles. The number of aromatic nitrogens is 3. The van der Waals surface area contributed by atoms with Crippen molar-refractivity contribution in [1.29, 1.82) is 0 Å². The summed E-state index contributed by atoms with van der Waals surface area (Å²) >= 11 is 0. The summed E-state index contributed by atoms with van der Waals surface area (Å²) in [6, 6.07) is 8.31. The number of likely N-dealkylation sites (N-methyl/N-ethyl adjacent to an activating group) is 1. The number of nitrogens with zero attached hydrogens (tertiary/aromatic N) is 5. The largest absolute Gasteiger partial charge is 0.352 e. The Balaban J connectivity index is 1.56. The zero-order valence-electron chi connectivity index (χ0n) is 15.7. The first-order valence-electron chi connectivity index (χ1n) is 8.69. The molecular weight excluding hydrogens is 314 g/mol. The van der Waals surface area contributed by atoms with Crippen LogP contribution < -0.4 is 10.5 Å². The molecule has 0 N–H and O–H groups in total. The summed E-state index contributed by atoms with van der Waals surface area (Å²) in [6.45, 7) is 9.08. The lowest BCUT2D eigenvalue weighted by atomic mass is 9.92. The van der Waals surface area contributed by atoms with Crippen molar-refractivity contribution >= 4 is 5.82 Å². The molecule has 0 aromatic carbocycles. The van der Waals surface area contributed by atoms with Crippen LogP contribution in [-0.2, 0) is 19.0 Å². The van der Waals surface area contributed by atoms with Gasteiger partial charge in [0.15, 0.2) is 5.82 Å². The average Bonchev–Trinajstić information content (AvgIpc) is 2.49. The quantitative estimate of drug-likeness (QED) is 0.849. The van der Waals surface area contributed by atoms with Crippen LogP contribution in [0.5, 0.6) is 0 Å². The van der Waals surface area contributed by atoms with E-state index in [-0.39, 0.29) is 11.0 Å². The molecule has 2 aromatic heterocycles. The van der Waals surface area contributed by atoms with E-state index in [1.807, 2.05) is 12.3 Å². The fourth-order valence-electron chi connectivity index (χ4n) is 2.92. The molecule has 0 aliphatic carbocycles. The molecule has 0 atom stereocenters. The number of aryl methyl sites for hydroxylation is 1. The predicted octanol–water partition coefficient (Wildman–Crippen LogP) is 1.79. The molecule has 0 unspecified atom stereocenters. The minimum Gasteiger partial charge on any atom is -0.352 e. The molecule has 1 aliphatic rings. The Morgan fingerprint density at radius 3 is 2.48 bits per heavy atom. The lowest BCUT2D eigenvalue weighted by Crippen LogP contribution is -2.58. The molecule has 0 bridgehead atoms. The molecule has 0 amide bonds. The summed E-state index contributed by atoms with van der Waals surface area (Å²) in [4.78, 5) is 16.3. The van der Waals surface area contributed by atoms with Gasteiger partial charge in [0.1, 0.15) is 0 Å². The monoisotopic (exact) mass is 341 g/mol. The van der Waals surface area contributed by atoms with Gasteiger partial charge in [-0.1, -0.05) is 20.8 Å². The minimum absolute atomic E-state index is 0.0238. The molecule has 3 rings (SSSR count). The van der Waals surface area contributed by atoms with E-state index >= 15 is 0 Å². The molecular formula is C19H27N5O. The first-order valence-corrected chi connectivity index (χ1v) is 8.69. The van der Waals surface area contributed by atoms with Crippen LogP contribution in [0.25, 0.3) is 0 Å². The number of pyridine rings is 1. The molecule has 25 heavy (non-hydrogen) atoms. The van der Waals surface area contributed by atoms with Gasteiger partial charge in [-0.05, 0) is 30.8 Å². The van der Waals surface area contributed by atoms with Crippen molar-refractivity contribution < 1.29 is 0 Å². The molecule has 1 fully saturated rings. The van der Waals surface area contributed by atoms with Gasteiger partial charge in [-0.2, -0.15) is 5.10 Å². The summed E-state index contributed by atoms with van der Waals surface area (Å²) in [5.74, 6) is 0.936. The average molecular weight is 341 g/mol. The highest BCUT2D eigenvalue weighted by molar-refractivity contribution is 5.42. The van der Waals surface area contributed by atoms with Gasteiger partial charge < -0.3 is 9.47 Å². The van der Waals surface area contributed by atoms with E-state index in [9.17, 15) is 4.79 Å². The smallest absolute Gasteiger partial charge is 0.250 e. The Morgan fingerprint density at radius 1 is 1.20 bits per heavy atom. The van der Waals surface area contributed by atoms with Crippen molar-refractivity contribution in [1.82, 2.24) is 19.7 Å². The second-order valence-corrected chi connectivity index (χ2v) is 7.98. The van der Waals surface area contributed by atoms with Gasteiger partial charge in [-0.15, -0.1) is 5.10 Å². The lowest BCUT2D eigenvalue weighted by molar-refractivity contribution is 0.196. The number of hydrogen-bond donors (Lipinski definition) is 0. The highest BCUT2D eigenvalue weighted by Crippen LogP contribution is 2.24. The van der Waals surface area contributed by atoms with Crippen molar-refractivity contribution in [3.63, 3.8) is 0 Å². The van der Waals surface area contributed by atoms with E-state index in [2.05, 4.69) is 59.9 Å². The fraction of sp³-hybridized carbons (Fsp3) is 0.526. The first kappa shape index (κ1) is 17.6. The third-order valence-corrected chi connectivity index (χ3v) is 4.83. The Bertz CT molecular complexity index is 785. The van der Waals surface area contributed by atoms with Crippen LogP contribution in [0.1, 0.15) is 32.0 Å². The normalized spacial score (nSPS) is 15.5. The van der Waals surface area contributed by atoms with Crippen molar-refractivity contribution in [2.45, 2.75) is 38.8 Å². The fourth-order valence-corrected chi connectivity index (χ4v) is 2.92. The summed E-state index contributed by atoms with van der Waals surface area (Å²) in [6.07, 6.45) is 1.82. The second-order valence-electron chi connectivity index (χ2n) is 7.98. The Morgan fingerprint density at radius 2 is 1.92 bits per heavy atom. The van der Waals surface area contributed by atoms with Gasteiger partial charge in [-0.25, -0.2) is 0 Å². The maximum atomic E-state index is 11.7. The SMILES string of the molecule is CN(Cc1ccn(C)c(=O)c1)C1CN(c2ccc(C(C)(C)C)nn2)C1. The third kappa shape index (κ3) is 3.90.